The van der Waals surface area contributed by atoms with E-state index in [1.165, 1.54) is 0 Å². The van der Waals surface area contributed by atoms with Crippen molar-refractivity contribution in [1.82, 2.24) is 0 Å². The zero-order valence-electron chi connectivity index (χ0n) is 6.19. The third-order valence-electron chi connectivity index (χ3n) is 1.42. The number of hydrogen-bond donors (Lipinski definition) is 1. The van der Waals surface area contributed by atoms with Crippen LogP contribution in [0.5, 0.6) is 5.75 Å². The number of benzene rings is 1. The van der Waals surface area contributed by atoms with Crippen LogP contribution in [0, 0.1) is 5.82 Å². The van der Waals surface area contributed by atoms with E-state index in [0.29, 0.717) is 6.07 Å². The van der Waals surface area contributed by atoms with Crippen molar-refractivity contribution in [3.05, 3.63) is 23.5 Å². The summed E-state index contributed by atoms with van der Waals surface area (Å²) >= 11 is 0. The van der Waals surface area contributed by atoms with Crippen LogP contribution in [0.25, 0.3) is 0 Å². The zero-order valence-corrected chi connectivity index (χ0v) is 6.19. The van der Waals surface area contributed by atoms with Gasteiger partial charge in [-0.15, -0.1) is 0 Å². The fourth-order valence-corrected chi connectivity index (χ4v) is 0.823. The highest BCUT2D eigenvalue weighted by Crippen LogP contribution is 2.29. The number of phenols is 1. The highest BCUT2D eigenvalue weighted by atomic mass is 19.4. The summed E-state index contributed by atoms with van der Waals surface area (Å²) in [6, 6.07) is 0.683. The largest absolute Gasteiger partial charge is 0.505 e. The standard InChI is InChI=1S/C7H3BF4O/c8-4-2-6(13)5(9)1-3(4)7(10,11)12/h1-2,13H. The van der Waals surface area contributed by atoms with Gasteiger partial charge in [0.05, 0.1) is 5.56 Å². The fourth-order valence-electron chi connectivity index (χ4n) is 0.823. The van der Waals surface area contributed by atoms with Crippen LogP contribution in [0.1, 0.15) is 5.56 Å². The lowest BCUT2D eigenvalue weighted by atomic mass is 9.90. The monoisotopic (exact) mass is 190 g/mol. The predicted molar refractivity (Wildman–Crippen MR) is 38.5 cm³/mol. The Kier molecular flexibility index (Phi) is 2.23. The smallest absolute Gasteiger partial charge is 0.415 e. The second-order valence-corrected chi connectivity index (χ2v) is 2.39. The van der Waals surface area contributed by atoms with Crippen molar-refractivity contribution >= 4 is 13.3 Å². The third-order valence-corrected chi connectivity index (χ3v) is 1.42. The Balaban J connectivity index is 3.32. The number of halogens is 4. The molecule has 6 heteroatoms. The first kappa shape index (κ1) is 9.89. The molecule has 1 aromatic rings. The normalized spacial score (nSPS) is 11.7. The topological polar surface area (TPSA) is 20.2 Å². The van der Waals surface area contributed by atoms with Crippen LogP contribution in [0.4, 0.5) is 17.6 Å². The van der Waals surface area contributed by atoms with Crippen LogP contribution in [0.15, 0.2) is 12.1 Å². The van der Waals surface area contributed by atoms with Gasteiger partial charge in [-0.3, -0.25) is 0 Å². The number of phenolic OH excluding ortho intramolecular Hbond substituents is 1. The van der Waals surface area contributed by atoms with Gasteiger partial charge in [0, 0.05) is 0 Å². The van der Waals surface area contributed by atoms with Gasteiger partial charge in [0.1, 0.15) is 7.85 Å². The van der Waals surface area contributed by atoms with Crippen LogP contribution in [-0.2, 0) is 6.18 Å². The van der Waals surface area contributed by atoms with Crippen molar-refractivity contribution in [2.24, 2.45) is 0 Å². The molecule has 0 aliphatic rings. The van der Waals surface area contributed by atoms with Gasteiger partial charge in [-0.05, 0) is 12.1 Å². The van der Waals surface area contributed by atoms with Crippen molar-refractivity contribution in [3.63, 3.8) is 0 Å². The Morgan fingerprint density at radius 3 is 2.23 bits per heavy atom. The minimum Gasteiger partial charge on any atom is -0.505 e. The van der Waals surface area contributed by atoms with Gasteiger partial charge in [0.2, 0.25) is 0 Å². The quantitative estimate of drug-likeness (QED) is 0.483. The van der Waals surface area contributed by atoms with E-state index in [-0.39, 0.29) is 6.07 Å². The van der Waals surface area contributed by atoms with E-state index < -0.39 is 28.8 Å². The third kappa shape index (κ3) is 1.94. The molecule has 1 aromatic carbocycles. The molecule has 0 aromatic heterocycles. The zero-order chi connectivity index (χ0) is 10.2. The summed E-state index contributed by atoms with van der Waals surface area (Å²) in [4.78, 5) is 0. The molecule has 0 saturated carbocycles. The molecule has 0 amide bonds. The second kappa shape index (κ2) is 2.94. The summed E-state index contributed by atoms with van der Waals surface area (Å²) in [5.41, 5.74) is -1.99. The average Bonchev–Trinajstić information content (AvgIpc) is 1.94. The first-order chi connectivity index (χ1) is 5.82. The molecule has 2 radical (unpaired) electrons. The van der Waals surface area contributed by atoms with E-state index in [9.17, 15) is 17.6 Å². The summed E-state index contributed by atoms with van der Waals surface area (Å²) < 4.78 is 48.6. The first-order valence-electron chi connectivity index (χ1n) is 3.17. The van der Waals surface area contributed by atoms with Crippen LogP contribution in [0.2, 0.25) is 0 Å². The summed E-state index contributed by atoms with van der Waals surface area (Å²) in [6.45, 7) is 0. The molecule has 0 unspecified atom stereocenters. The maximum Gasteiger partial charge on any atom is 0.415 e. The lowest BCUT2D eigenvalue weighted by molar-refractivity contribution is -0.136. The minimum atomic E-state index is -4.71. The summed E-state index contributed by atoms with van der Waals surface area (Å²) in [6.07, 6.45) is -4.71. The molecule has 13 heavy (non-hydrogen) atoms. The van der Waals surface area contributed by atoms with E-state index in [4.69, 9.17) is 13.0 Å². The van der Waals surface area contributed by atoms with E-state index in [1.54, 1.807) is 0 Å². The highest BCUT2D eigenvalue weighted by Gasteiger charge is 2.32. The Labute approximate surface area is 72.4 Å². The Morgan fingerprint density at radius 1 is 1.23 bits per heavy atom. The van der Waals surface area contributed by atoms with Crippen molar-refractivity contribution in [2.45, 2.75) is 6.18 Å². The summed E-state index contributed by atoms with van der Waals surface area (Å²) in [5, 5.41) is 8.67. The summed E-state index contributed by atoms with van der Waals surface area (Å²) in [5.74, 6) is -2.24. The van der Waals surface area contributed by atoms with E-state index in [0.717, 1.165) is 0 Å². The summed E-state index contributed by atoms with van der Waals surface area (Å²) in [7, 11) is 4.93. The lowest BCUT2D eigenvalue weighted by Gasteiger charge is -2.10. The second-order valence-electron chi connectivity index (χ2n) is 2.39. The van der Waals surface area contributed by atoms with E-state index in [2.05, 4.69) is 0 Å². The molecule has 0 atom stereocenters. The minimum absolute atomic E-state index is 0.157. The van der Waals surface area contributed by atoms with Crippen LogP contribution in [0.3, 0.4) is 0 Å². The molecule has 68 valence electrons. The lowest BCUT2D eigenvalue weighted by Crippen LogP contribution is -2.20. The molecular weight excluding hydrogens is 187 g/mol. The first-order valence-corrected chi connectivity index (χ1v) is 3.17. The SMILES string of the molecule is [B]c1cc(O)c(F)cc1C(F)(F)F. The number of hydrogen-bond acceptors (Lipinski definition) is 1. The highest BCUT2D eigenvalue weighted by molar-refractivity contribution is 6.33. The predicted octanol–water partition coefficient (Wildman–Crippen LogP) is 1.34. The van der Waals surface area contributed by atoms with E-state index in [1.807, 2.05) is 0 Å². The van der Waals surface area contributed by atoms with Gasteiger partial charge in [0.15, 0.2) is 11.6 Å². The van der Waals surface area contributed by atoms with Crippen molar-refractivity contribution in [2.75, 3.05) is 0 Å². The maximum absolute atomic E-state index is 12.5. The average molecular weight is 190 g/mol. The molecule has 0 bridgehead atoms. The Hall–Kier alpha value is -1.20. The molecule has 0 saturated heterocycles. The van der Waals surface area contributed by atoms with Gasteiger partial charge >= 0.3 is 6.18 Å². The van der Waals surface area contributed by atoms with E-state index >= 15 is 0 Å². The molecule has 0 heterocycles. The Bertz CT molecular complexity index is 334. The van der Waals surface area contributed by atoms with Crippen molar-refractivity contribution in [1.29, 1.82) is 0 Å². The van der Waals surface area contributed by atoms with Crippen LogP contribution >= 0.6 is 0 Å². The maximum atomic E-state index is 12.5. The van der Waals surface area contributed by atoms with Gasteiger partial charge < -0.3 is 5.11 Å². The van der Waals surface area contributed by atoms with Gasteiger partial charge in [0.25, 0.3) is 0 Å². The van der Waals surface area contributed by atoms with Crippen molar-refractivity contribution < 1.29 is 22.7 Å². The van der Waals surface area contributed by atoms with Crippen LogP contribution in [-0.4, -0.2) is 13.0 Å². The van der Waals surface area contributed by atoms with Gasteiger partial charge in [-0.2, -0.15) is 13.2 Å². The molecule has 1 nitrogen and oxygen atoms in total. The van der Waals surface area contributed by atoms with Crippen LogP contribution < -0.4 is 5.46 Å². The fraction of sp³-hybridized carbons (Fsp3) is 0.143. The number of alkyl halides is 3. The number of rotatable bonds is 0. The molecule has 0 fully saturated rings. The molecule has 1 N–H and O–H groups in total. The van der Waals surface area contributed by atoms with Crippen molar-refractivity contribution in [3.8, 4) is 5.75 Å². The molecule has 0 aliphatic heterocycles. The molecule has 0 spiro atoms. The molecular formula is C7H3BF4O. The van der Waals surface area contributed by atoms with Gasteiger partial charge in [-0.25, -0.2) is 4.39 Å². The molecule has 1 rings (SSSR count). The molecule has 0 aliphatic carbocycles. The number of aromatic hydroxyl groups is 1. The van der Waals surface area contributed by atoms with Gasteiger partial charge in [-0.1, -0.05) is 5.46 Å². The Morgan fingerprint density at radius 2 is 1.77 bits per heavy atom.